The van der Waals surface area contributed by atoms with E-state index in [1.807, 2.05) is 0 Å². The lowest BCUT2D eigenvalue weighted by molar-refractivity contribution is -0.162. The van der Waals surface area contributed by atoms with Crippen LogP contribution in [0.2, 0.25) is 0 Å². The number of amides is 1. The highest BCUT2D eigenvalue weighted by molar-refractivity contribution is 7.85. The van der Waals surface area contributed by atoms with Gasteiger partial charge < -0.3 is 10.1 Å². The molecule has 4 fully saturated rings. The van der Waals surface area contributed by atoms with Crippen LogP contribution in [0, 0.1) is 46.3 Å². The van der Waals surface area contributed by atoms with Gasteiger partial charge in [0.05, 0.1) is 5.75 Å². The number of nitrogens with one attached hydrogen (secondary N) is 1. The first-order valence-corrected chi connectivity index (χ1v) is 26.1. The molecular weight excluding hydrogens is 767 g/mol. The minimum absolute atomic E-state index is 0.0180. The average Bonchev–Trinajstić information content (AvgIpc) is 3.57. The molecule has 7 nitrogen and oxygen atoms in total. The third-order valence-corrected chi connectivity index (χ3v) is 16.3. The number of ether oxygens (including phenoxy) is 1. The summed E-state index contributed by atoms with van der Waals surface area (Å²) in [6, 6.07) is 0. The van der Waals surface area contributed by atoms with Crippen molar-refractivity contribution in [2.24, 2.45) is 46.3 Å². The van der Waals surface area contributed by atoms with Crippen molar-refractivity contribution in [2.45, 2.75) is 194 Å². The third kappa shape index (κ3) is 16.3. The Bertz CT molecular complexity index is 1550. The van der Waals surface area contributed by atoms with Gasteiger partial charge in [-0.2, -0.15) is 8.42 Å². The Kier molecular flexibility index (Phi) is 22.0. The number of unbranched alkanes of at least 4 members (excludes halogenated alkanes) is 7. The van der Waals surface area contributed by atoms with Crippen molar-refractivity contribution in [1.82, 2.24) is 5.32 Å². The second kappa shape index (κ2) is 26.2. The first-order valence-electron chi connectivity index (χ1n) is 24.5. The Labute approximate surface area is 366 Å². The summed E-state index contributed by atoms with van der Waals surface area (Å²) >= 11 is 0. The minimum Gasteiger partial charge on any atom is -0.462 e. The van der Waals surface area contributed by atoms with E-state index < -0.39 is 15.9 Å². The van der Waals surface area contributed by atoms with Gasteiger partial charge in [-0.05, 0) is 162 Å². The predicted molar refractivity (Wildman–Crippen MR) is 249 cm³/mol. The molecule has 0 aromatic rings. The van der Waals surface area contributed by atoms with Crippen LogP contribution in [0.25, 0.3) is 0 Å². The molecule has 0 radical (unpaired) electrons. The van der Waals surface area contributed by atoms with Gasteiger partial charge in [0, 0.05) is 19.4 Å². The maximum atomic E-state index is 12.9. The van der Waals surface area contributed by atoms with E-state index in [4.69, 9.17) is 9.29 Å². The van der Waals surface area contributed by atoms with E-state index in [0.717, 1.165) is 82.0 Å². The zero-order chi connectivity index (χ0) is 43.3. The summed E-state index contributed by atoms with van der Waals surface area (Å²) in [6.45, 7) is 9.56. The Hall–Kier alpha value is -2.45. The van der Waals surface area contributed by atoms with Gasteiger partial charge in [-0.3, -0.25) is 14.1 Å². The number of fused-ring (bicyclic) bond motifs is 5. The molecule has 60 heavy (non-hydrogen) atoms. The van der Waals surface area contributed by atoms with Crippen LogP contribution in [0.1, 0.15) is 188 Å². The highest BCUT2D eigenvalue weighted by Crippen LogP contribution is 2.68. The first-order chi connectivity index (χ1) is 28.9. The van der Waals surface area contributed by atoms with E-state index in [0.29, 0.717) is 41.4 Å². The van der Waals surface area contributed by atoms with Crippen LogP contribution in [0.15, 0.2) is 60.8 Å². The minimum atomic E-state index is -4.07. The monoisotopic (exact) mass is 852 g/mol. The lowest BCUT2D eigenvalue weighted by Gasteiger charge is -2.61. The molecule has 2 N–H and O–H groups in total. The quantitative estimate of drug-likeness (QED) is 0.0369. The molecule has 0 bridgehead atoms. The molecule has 4 rings (SSSR count). The van der Waals surface area contributed by atoms with Gasteiger partial charge in [0.25, 0.3) is 10.1 Å². The molecule has 4 aliphatic rings. The molecule has 1 amide bonds. The van der Waals surface area contributed by atoms with Crippen LogP contribution < -0.4 is 5.32 Å². The van der Waals surface area contributed by atoms with E-state index in [-0.39, 0.29) is 24.5 Å². The van der Waals surface area contributed by atoms with Crippen molar-refractivity contribution >= 4 is 22.0 Å². The van der Waals surface area contributed by atoms with Gasteiger partial charge in [0.1, 0.15) is 6.10 Å². The van der Waals surface area contributed by atoms with Crippen LogP contribution in [-0.4, -0.2) is 43.2 Å². The SMILES string of the molecule is CC/C=C\C/C=C\C/C=C\C/C=C\C/C=C\CCCCCCCCCC(=O)OC1CCC2(C)C(CCC3C2CCC2(C)C(C(C)CCC(=O)NCCS(=O)(=O)O)CCC32)C1. The number of carbonyl (C=O) groups is 2. The molecule has 8 heteroatoms. The highest BCUT2D eigenvalue weighted by atomic mass is 32.2. The number of rotatable bonds is 27. The second-order valence-electron chi connectivity index (χ2n) is 19.6. The van der Waals surface area contributed by atoms with Crippen molar-refractivity contribution in [3.63, 3.8) is 0 Å². The van der Waals surface area contributed by atoms with Crippen molar-refractivity contribution in [3.05, 3.63) is 60.8 Å². The zero-order valence-corrected chi connectivity index (χ0v) is 39.1. The molecule has 0 heterocycles. The largest absolute Gasteiger partial charge is 0.462 e. The molecule has 0 spiro atoms. The van der Waals surface area contributed by atoms with E-state index in [2.05, 4.69) is 93.8 Å². The van der Waals surface area contributed by atoms with Crippen molar-refractivity contribution in [2.75, 3.05) is 12.3 Å². The summed E-state index contributed by atoms with van der Waals surface area (Å²) in [5, 5.41) is 2.66. The Morgan fingerprint density at radius 3 is 1.95 bits per heavy atom. The van der Waals surface area contributed by atoms with Crippen LogP contribution in [0.4, 0.5) is 0 Å². The zero-order valence-electron chi connectivity index (χ0n) is 38.3. The van der Waals surface area contributed by atoms with Crippen molar-refractivity contribution < 1.29 is 27.3 Å². The standard InChI is InChI=1S/C52H85NO6S/c1-5-6-7-8-9-10-11-12-13-14-15-16-17-18-19-20-21-22-23-24-25-26-27-28-50(55)59-44-35-37-51(3)43(41-44)30-31-45-47-33-32-46(52(47,4)38-36-48(45)51)42(2)29-34-49(54)53-39-40-60(56,57)58/h6-7,9-10,12-13,15-16,18-19,42-48H,5,8,11,14,17,20-41H2,1-4H3,(H,53,54)(H,56,57,58)/b7-6-,10-9-,13-12-,16-15-,19-18-. The molecule has 9 atom stereocenters. The molecule has 340 valence electrons. The maximum Gasteiger partial charge on any atom is 0.306 e. The highest BCUT2D eigenvalue weighted by Gasteiger charge is 2.60. The summed E-state index contributed by atoms with van der Waals surface area (Å²) in [6.07, 6.45) is 50.0. The van der Waals surface area contributed by atoms with Gasteiger partial charge in [-0.25, -0.2) is 0 Å². The van der Waals surface area contributed by atoms with Gasteiger partial charge >= 0.3 is 5.97 Å². The predicted octanol–water partition coefficient (Wildman–Crippen LogP) is 13.2. The molecule has 4 saturated carbocycles. The molecule has 4 aliphatic carbocycles. The van der Waals surface area contributed by atoms with Crippen LogP contribution in [0.5, 0.6) is 0 Å². The normalized spacial score (nSPS) is 30.0. The third-order valence-electron chi connectivity index (χ3n) is 15.6. The molecule has 0 saturated heterocycles. The number of hydrogen-bond donors (Lipinski definition) is 2. The maximum absolute atomic E-state index is 12.9. The van der Waals surface area contributed by atoms with E-state index >= 15 is 0 Å². The topological polar surface area (TPSA) is 110 Å². The Balaban J connectivity index is 1.03. The lowest BCUT2D eigenvalue weighted by atomic mass is 9.44. The molecule has 0 aliphatic heterocycles. The van der Waals surface area contributed by atoms with Crippen LogP contribution in [0.3, 0.4) is 0 Å². The van der Waals surface area contributed by atoms with Gasteiger partial charge in [0.15, 0.2) is 0 Å². The number of allylic oxidation sites excluding steroid dienone is 10. The summed E-state index contributed by atoms with van der Waals surface area (Å²) in [4.78, 5) is 25.3. The first kappa shape index (κ1) is 50.2. The number of carbonyl (C=O) groups excluding carboxylic acids is 2. The fraction of sp³-hybridized carbons (Fsp3) is 0.769. The summed E-state index contributed by atoms with van der Waals surface area (Å²) < 4.78 is 37.1. The Morgan fingerprint density at radius 1 is 0.717 bits per heavy atom. The molecule has 0 aromatic carbocycles. The van der Waals surface area contributed by atoms with Gasteiger partial charge in [-0.1, -0.05) is 121 Å². The average molecular weight is 852 g/mol. The molecular formula is C52H85NO6S. The Morgan fingerprint density at radius 2 is 1.30 bits per heavy atom. The fourth-order valence-corrected chi connectivity index (χ4v) is 12.7. The van der Waals surface area contributed by atoms with Gasteiger partial charge in [0.2, 0.25) is 5.91 Å². The van der Waals surface area contributed by atoms with E-state index in [9.17, 15) is 18.0 Å². The number of hydrogen-bond acceptors (Lipinski definition) is 5. The smallest absolute Gasteiger partial charge is 0.306 e. The fourth-order valence-electron chi connectivity index (χ4n) is 12.3. The van der Waals surface area contributed by atoms with Crippen molar-refractivity contribution in [3.8, 4) is 0 Å². The van der Waals surface area contributed by atoms with Gasteiger partial charge in [-0.15, -0.1) is 0 Å². The van der Waals surface area contributed by atoms with Crippen LogP contribution >= 0.6 is 0 Å². The van der Waals surface area contributed by atoms with E-state index in [1.54, 1.807) is 0 Å². The lowest BCUT2D eigenvalue weighted by Crippen LogP contribution is -2.54. The number of esters is 1. The van der Waals surface area contributed by atoms with Crippen LogP contribution in [-0.2, 0) is 24.4 Å². The van der Waals surface area contributed by atoms with E-state index in [1.165, 1.54) is 83.5 Å². The molecule has 0 aromatic heterocycles. The van der Waals surface area contributed by atoms with Crippen molar-refractivity contribution in [1.29, 1.82) is 0 Å². The summed E-state index contributed by atoms with van der Waals surface area (Å²) in [5.41, 5.74) is 0.654. The molecule has 9 unspecified atom stereocenters. The summed E-state index contributed by atoms with van der Waals surface area (Å²) in [7, 11) is -4.07. The summed E-state index contributed by atoms with van der Waals surface area (Å²) in [5.74, 6) is 3.41. The second-order valence-corrected chi connectivity index (χ2v) is 21.2.